The number of aliphatic hydroxyl groups is 1. The van der Waals surface area contributed by atoms with E-state index in [2.05, 4.69) is 10.1 Å². The summed E-state index contributed by atoms with van der Waals surface area (Å²) in [5.74, 6) is 0.145. The molecule has 27 heavy (non-hydrogen) atoms. The Morgan fingerprint density at radius 1 is 1.41 bits per heavy atom. The fourth-order valence-corrected chi connectivity index (χ4v) is 3.09. The highest BCUT2D eigenvalue weighted by molar-refractivity contribution is 6.30. The van der Waals surface area contributed by atoms with Gasteiger partial charge in [0.2, 0.25) is 0 Å². The molecule has 1 aliphatic carbocycles. The topological polar surface area (TPSA) is 97.0 Å². The minimum atomic E-state index is -0.657. The molecule has 0 radical (unpaired) electrons. The lowest BCUT2D eigenvalue weighted by Gasteiger charge is -2.31. The third kappa shape index (κ3) is 4.06. The maximum atomic E-state index is 12.6. The zero-order valence-electron chi connectivity index (χ0n) is 15.8. The number of fused-ring (bicyclic) bond motifs is 1. The molecule has 0 saturated heterocycles. The van der Waals surface area contributed by atoms with Crippen LogP contribution in [-0.2, 0) is 4.74 Å². The predicted octanol–water partition coefficient (Wildman–Crippen LogP) is 3.10. The molecule has 2 aromatic heterocycles. The van der Waals surface area contributed by atoms with Crippen LogP contribution in [0.3, 0.4) is 0 Å². The molecule has 0 bridgehead atoms. The van der Waals surface area contributed by atoms with Gasteiger partial charge >= 0.3 is 6.09 Å². The Kier molecular flexibility index (Phi) is 5.14. The van der Waals surface area contributed by atoms with Gasteiger partial charge in [-0.25, -0.2) is 9.78 Å². The number of aliphatic hydroxyl groups excluding tert-OH is 1. The molecular weight excluding hydrogens is 372 g/mol. The standard InChI is InChI=1S/C18H23ClN4O4/c1-18(2,3)27-17(26)22(4)15-8-14(19)21-16-11(9-20-23(15)16)13(25)7-10-5-6-12(10)24/h8-10,12,24H,5-7H2,1-4H3/t10-,12+/m0/s1. The van der Waals surface area contributed by atoms with Gasteiger partial charge in [-0.05, 0) is 39.5 Å². The van der Waals surface area contributed by atoms with Gasteiger partial charge in [0.1, 0.15) is 16.6 Å². The molecule has 1 amide bonds. The van der Waals surface area contributed by atoms with Crippen LogP contribution >= 0.6 is 11.6 Å². The summed E-state index contributed by atoms with van der Waals surface area (Å²) in [7, 11) is 1.53. The first-order valence-electron chi connectivity index (χ1n) is 8.79. The summed E-state index contributed by atoms with van der Waals surface area (Å²) in [6.45, 7) is 5.31. The highest BCUT2D eigenvalue weighted by atomic mass is 35.5. The molecule has 0 aromatic carbocycles. The quantitative estimate of drug-likeness (QED) is 0.632. The van der Waals surface area contributed by atoms with Crippen molar-refractivity contribution < 1.29 is 19.4 Å². The molecule has 1 saturated carbocycles. The molecule has 0 unspecified atom stereocenters. The minimum Gasteiger partial charge on any atom is -0.443 e. The number of amides is 1. The Labute approximate surface area is 162 Å². The number of hydrogen-bond donors (Lipinski definition) is 1. The van der Waals surface area contributed by atoms with Gasteiger partial charge in [-0.1, -0.05) is 11.6 Å². The summed E-state index contributed by atoms with van der Waals surface area (Å²) in [6, 6.07) is 1.48. The van der Waals surface area contributed by atoms with E-state index < -0.39 is 17.8 Å². The van der Waals surface area contributed by atoms with E-state index in [0.29, 0.717) is 11.4 Å². The second-order valence-corrected chi connectivity index (χ2v) is 8.19. The van der Waals surface area contributed by atoms with Crippen molar-refractivity contribution in [1.82, 2.24) is 14.6 Å². The Balaban J connectivity index is 1.93. The number of carbonyl (C=O) groups is 2. The monoisotopic (exact) mass is 394 g/mol. The zero-order chi connectivity index (χ0) is 19.9. The number of ketones is 1. The Hall–Kier alpha value is -2.19. The molecule has 0 aliphatic heterocycles. The van der Waals surface area contributed by atoms with E-state index in [1.54, 1.807) is 20.8 Å². The number of carbonyl (C=O) groups excluding carboxylic acids is 2. The summed E-state index contributed by atoms with van der Waals surface area (Å²) in [5.41, 5.74) is -0.0713. The molecule has 2 aromatic rings. The van der Waals surface area contributed by atoms with Crippen LogP contribution in [0.2, 0.25) is 5.15 Å². The number of hydrogen-bond acceptors (Lipinski definition) is 6. The number of nitrogens with zero attached hydrogens (tertiary/aromatic N) is 4. The van der Waals surface area contributed by atoms with Crippen molar-refractivity contribution in [2.45, 2.75) is 51.7 Å². The third-order valence-electron chi connectivity index (χ3n) is 4.56. The number of Topliss-reactive ketones (excluding diaryl/α,β-unsaturated/α-hetero) is 1. The average Bonchev–Trinajstić information content (AvgIpc) is 2.98. The maximum Gasteiger partial charge on any atom is 0.415 e. The Bertz CT molecular complexity index is 889. The lowest BCUT2D eigenvalue weighted by molar-refractivity contribution is 0.0199. The van der Waals surface area contributed by atoms with Gasteiger partial charge in [0, 0.05) is 19.5 Å². The van der Waals surface area contributed by atoms with E-state index >= 15 is 0 Å². The van der Waals surface area contributed by atoms with Gasteiger partial charge in [-0.3, -0.25) is 9.69 Å². The second-order valence-electron chi connectivity index (χ2n) is 7.80. The minimum absolute atomic E-state index is 0.0319. The van der Waals surface area contributed by atoms with Crippen LogP contribution in [0, 0.1) is 5.92 Å². The van der Waals surface area contributed by atoms with E-state index in [4.69, 9.17) is 16.3 Å². The molecule has 0 spiro atoms. The number of ether oxygens (including phenoxy) is 1. The molecular formula is C18H23ClN4O4. The van der Waals surface area contributed by atoms with Crippen molar-refractivity contribution in [1.29, 1.82) is 0 Å². The fraction of sp³-hybridized carbons (Fsp3) is 0.556. The van der Waals surface area contributed by atoms with E-state index in [9.17, 15) is 14.7 Å². The van der Waals surface area contributed by atoms with E-state index in [-0.39, 0.29) is 28.9 Å². The average molecular weight is 395 g/mol. The maximum absolute atomic E-state index is 12.6. The molecule has 2 atom stereocenters. The van der Waals surface area contributed by atoms with Gasteiger partial charge in [0.05, 0.1) is 17.9 Å². The first-order chi connectivity index (χ1) is 12.6. The predicted molar refractivity (Wildman–Crippen MR) is 100 cm³/mol. The number of rotatable bonds is 4. The summed E-state index contributed by atoms with van der Waals surface area (Å²) in [4.78, 5) is 30.5. The molecule has 1 N–H and O–H groups in total. The molecule has 3 rings (SSSR count). The number of aromatic nitrogens is 3. The van der Waals surface area contributed by atoms with Gasteiger partial charge in [0.25, 0.3) is 0 Å². The van der Waals surface area contributed by atoms with Crippen LogP contribution in [0.5, 0.6) is 0 Å². The van der Waals surface area contributed by atoms with Crippen LogP contribution in [0.25, 0.3) is 5.65 Å². The molecule has 146 valence electrons. The van der Waals surface area contributed by atoms with Crippen molar-refractivity contribution >= 4 is 34.9 Å². The third-order valence-corrected chi connectivity index (χ3v) is 4.75. The molecule has 1 fully saturated rings. The fourth-order valence-electron chi connectivity index (χ4n) is 2.92. The SMILES string of the molecule is CN(C(=O)OC(C)(C)C)c1cc(Cl)nc2c(C(=O)C[C@@H]3CC[C@H]3O)cnn12. The Morgan fingerprint density at radius 3 is 2.67 bits per heavy atom. The van der Waals surface area contributed by atoms with Crippen LogP contribution in [0.1, 0.15) is 50.4 Å². The van der Waals surface area contributed by atoms with Gasteiger partial charge in [-0.2, -0.15) is 9.61 Å². The van der Waals surface area contributed by atoms with Crippen LogP contribution < -0.4 is 4.90 Å². The molecule has 2 heterocycles. The largest absolute Gasteiger partial charge is 0.443 e. The summed E-state index contributed by atoms with van der Waals surface area (Å²) >= 11 is 6.12. The van der Waals surface area contributed by atoms with Crippen molar-refractivity contribution in [3.05, 3.63) is 23.0 Å². The number of anilines is 1. The zero-order valence-corrected chi connectivity index (χ0v) is 16.5. The highest BCUT2D eigenvalue weighted by Crippen LogP contribution is 2.32. The summed E-state index contributed by atoms with van der Waals surface area (Å²) in [6.07, 6.45) is 2.19. The van der Waals surface area contributed by atoms with Gasteiger partial charge < -0.3 is 9.84 Å². The normalized spacial score (nSPS) is 19.6. The lowest BCUT2D eigenvalue weighted by Crippen LogP contribution is -2.35. The van der Waals surface area contributed by atoms with Gasteiger partial charge in [-0.15, -0.1) is 0 Å². The first kappa shape index (κ1) is 19.6. The Morgan fingerprint density at radius 2 is 2.11 bits per heavy atom. The van der Waals surface area contributed by atoms with E-state index in [0.717, 1.165) is 12.8 Å². The lowest BCUT2D eigenvalue weighted by atomic mass is 9.78. The summed E-state index contributed by atoms with van der Waals surface area (Å²) in [5, 5.41) is 14.1. The van der Waals surface area contributed by atoms with E-state index in [1.165, 1.54) is 28.7 Å². The second kappa shape index (κ2) is 7.09. The molecule has 8 nitrogen and oxygen atoms in total. The smallest absolute Gasteiger partial charge is 0.415 e. The molecule has 1 aliphatic rings. The van der Waals surface area contributed by atoms with Crippen LogP contribution in [-0.4, -0.2) is 50.3 Å². The van der Waals surface area contributed by atoms with Crippen LogP contribution in [0.15, 0.2) is 12.3 Å². The van der Waals surface area contributed by atoms with Crippen LogP contribution in [0.4, 0.5) is 10.6 Å². The van der Waals surface area contributed by atoms with Crippen molar-refractivity contribution in [3.8, 4) is 0 Å². The van der Waals surface area contributed by atoms with Crippen molar-refractivity contribution in [2.24, 2.45) is 5.92 Å². The van der Waals surface area contributed by atoms with E-state index in [1.807, 2.05) is 0 Å². The summed E-state index contributed by atoms with van der Waals surface area (Å²) < 4.78 is 6.76. The van der Waals surface area contributed by atoms with Gasteiger partial charge in [0.15, 0.2) is 11.4 Å². The molecule has 9 heteroatoms. The van der Waals surface area contributed by atoms with Crippen molar-refractivity contribution in [3.63, 3.8) is 0 Å². The van der Waals surface area contributed by atoms with Crippen molar-refractivity contribution in [2.75, 3.05) is 11.9 Å². The highest BCUT2D eigenvalue weighted by Gasteiger charge is 2.32. The number of halogens is 1. The first-order valence-corrected chi connectivity index (χ1v) is 9.17.